The first-order valence-electron chi connectivity index (χ1n) is 5.92. The lowest BCUT2D eigenvalue weighted by molar-refractivity contribution is 0.338. The summed E-state index contributed by atoms with van der Waals surface area (Å²) in [7, 11) is -3.97. The zero-order valence-corrected chi connectivity index (χ0v) is 11.9. The lowest BCUT2D eigenvalue weighted by Crippen LogP contribution is -2.06. The van der Waals surface area contributed by atoms with Crippen molar-refractivity contribution in [3.8, 4) is 6.07 Å². The van der Waals surface area contributed by atoms with Crippen LogP contribution < -0.4 is 0 Å². The minimum absolute atomic E-state index is 0.00763. The molecule has 0 saturated carbocycles. The number of hydrogen-bond donors (Lipinski definition) is 0. The van der Waals surface area contributed by atoms with Crippen molar-refractivity contribution >= 4 is 15.8 Å². The van der Waals surface area contributed by atoms with Crippen molar-refractivity contribution in [3.63, 3.8) is 0 Å². The fraction of sp³-hybridized carbons (Fsp3) is 0.0714. The summed E-state index contributed by atoms with van der Waals surface area (Å²) in [5, 5.41) is 12.6. The highest BCUT2D eigenvalue weighted by molar-refractivity contribution is 7.86. The van der Waals surface area contributed by atoms with Crippen molar-refractivity contribution in [2.45, 2.75) is 11.8 Å². The van der Waals surface area contributed by atoms with Gasteiger partial charge < -0.3 is 0 Å². The molecule has 0 bridgehead atoms. The second-order valence-corrected chi connectivity index (χ2v) is 5.58. The SMILES string of the molecule is CC(=NOS(=O)(=O)c1ccccc1)c1cnccc1C#N. The van der Waals surface area contributed by atoms with Crippen LogP contribution in [0, 0.1) is 11.3 Å². The number of pyridine rings is 1. The largest absolute Gasteiger partial charge is 0.358 e. The van der Waals surface area contributed by atoms with Crippen LogP contribution in [0.4, 0.5) is 0 Å². The van der Waals surface area contributed by atoms with E-state index in [2.05, 4.69) is 14.4 Å². The van der Waals surface area contributed by atoms with Crippen LogP contribution in [0.15, 0.2) is 58.8 Å². The van der Waals surface area contributed by atoms with Gasteiger partial charge in [-0.1, -0.05) is 23.4 Å². The normalized spacial score (nSPS) is 11.7. The molecule has 0 aliphatic heterocycles. The zero-order chi connectivity index (χ0) is 15.3. The molecular weight excluding hydrogens is 290 g/mol. The summed E-state index contributed by atoms with van der Waals surface area (Å²) in [6.45, 7) is 1.54. The number of rotatable bonds is 4. The van der Waals surface area contributed by atoms with Crippen LogP contribution in [-0.2, 0) is 14.4 Å². The molecule has 0 fully saturated rings. The third-order valence-electron chi connectivity index (χ3n) is 2.64. The third-order valence-corrected chi connectivity index (χ3v) is 3.76. The van der Waals surface area contributed by atoms with Crippen LogP contribution in [0.1, 0.15) is 18.1 Å². The molecule has 1 aromatic heterocycles. The van der Waals surface area contributed by atoms with E-state index in [9.17, 15) is 8.42 Å². The molecule has 1 aromatic carbocycles. The predicted molar refractivity (Wildman–Crippen MR) is 75.9 cm³/mol. The van der Waals surface area contributed by atoms with E-state index in [1.807, 2.05) is 6.07 Å². The third kappa shape index (κ3) is 3.43. The van der Waals surface area contributed by atoms with Gasteiger partial charge in [-0.25, -0.2) is 0 Å². The first-order valence-corrected chi connectivity index (χ1v) is 7.33. The Morgan fingerprint density at radius 2 is 2.00 bits per heavy atom. The number of hydrogen-bond acceptors (Lipinski definition) is 6. The predicted octanol–water partition coefficient (Wildman–Crippen LogP) is 2.08. The van der Waals surface area contributed by atoms with Crippen LogP contribution in [0.2, 0.25) is 0 Å². The highest BCUT2D eigenvalue weighted by Gasteiger charge is 2.15. The number of nitrogens with zero attached hydrogens (tertiary/aromatic N) is 3. The Labute approximate surface area is 122 Å². The fourth-order valence-corrected chi connectivity index (χ4v) is 2.35. The molecule has 0 saturated heterocycles. The lowest BCUT2D eigenvalue weighted by atomic mass is 10.1. The minimum Gasteiger partial charge on any atom is -0.265 e. The molecule has 0 radical (unpaired) electrons. The van der Waals surface area contributed by atoms with Gasteiger partial charge in [0.2, 0.25) is 0 Å². The van der Waals surface area contributed by atoms with E-state index < -0.39 is 10.1 Å². The van der Waals surface area contributed by atoms with E-state index in [-0.39, 0.29) is 10.6 Å². The van der Waals surface area contributed by atoms with Gasteiger partial charge in [-0.3, -0.25) is 9.27 Å². The van der Waals surface area contributed by atoms with Crippen molar-refractivity contribution < 1.29 is 12.7 Å². The van der Waals surface area contributed by atoms with E-state index in [0.29, 0.717) is 11.1 Å². The van der Waals surface area contributed by atoms with Crippen molar-refractivity contribution in [3.05, 3.63) is 59.9 Å². The van der Waals surface area contributed by atoms with E-state index in [0.717, 1.165) is 0 Å². The van der Waals surface area contributed by atoms with Crippen molar-refractivity contribution in [2.24, 2.45) is 5.16 Å². The van der Waals surface area contributed by atoms with E-state index in [4.69, 9.17) is 5.26 Å². The van der Waals surface area contributed by atoms with Gasteiger partial charge in [0, 0.05) is 18.0 Å². The van der Waals surface area contributed by atoms with Crippen LogP contribution >= 0.6 is 0 Å². The molecule has 0 amide bonds. The van der Waals surface area contributed by atoms with Crippen molar-refractivity contribution in [2.75, 3.05) is 0 Å². The molecule has 2 rings (SSSR count). The lowest BCUT2D eigenvalue weighted by Gasteiger charge is -2.04. The zero-order valence-electron chi connectivity index (χ0n) is 11.1. The molecule has 0 spiro atoms. The summed E-state index contributed by atoms with van der Waals surface area (Å²) in [6, 6.07) is 11.2. The summed E-state index contributed by atoms with van der Waals surface area (Å²) >= 11 is 0. The Morgan fingerprint density at radius 1 is 1.29 bits per heavy atom. The molecule has 21 heavy (non-hydrogen) atoms. The van der Waals surface area contributed by atoms with Crippen LogP contribution in [0.25, 0.3) is 0 Å². The first-order chi connectivity index (χ1) is 10.0. The van der Waals surface area contributed by atoms with Crippen LogP contribution in [0.5, 0.6) is 0 Å². The highest BCUT2D eigenvalue weighted by atomic mass is 32.2. The number of oxime groups is 1. The molecular formula is C14H11N3O3S. The van der Waals surface area contributed by atoms with Gasteiger partial charge in [0.05, 0.1) is 17.3 Å². The first kappa shape index (κ1) is 14.7. The topological polar surface area (TPSA) is 92.4 Å². The Bertz CT molecular complexity index is 809. The maximum absolute atomic E-state index is 11.9. The quantitative estimate of drug-likeness (QED) is 0.636. The van der Waals surface area contributed by atoms with Crippen LogP contribution in [0.3, 0.4) is 0 Å². The fourth-order valence-electron chi connectivity index (χ4n) is 1.56. The average Bonchev–Trinajstić information content (AvgIpc) is 2.53. The maximum atomic E-state index is 11.9. The van der Waals surface area contributed by atoms with Gasteiger partial charge in [0.15, 0.2) is 0 Å². The molecule has 0 unspecified atom stereocenters. The van der Waals surface area contributed by atoms with E-state index in [1.165, 1.54) is 30.6 Å². The molecule has 2 aromatic rings. The number of nitriles is 1. The van der Waals surface area contributed by atoms with Gasteiger partial charge in [0.1, 0.15) is 4.90 Å². The van der Waals surface area contributed by atoms with Gasteiger partial charge in [0.25, 0.3) is 0 Å². The summed E-state index contributed by atoms with van der Waals surface area (Å²) in [5.74, 6) is 0. The Balaban J connectivity index is 2.27. The Morgan fingerprint density at radius 3 is 2.67 bits per heavy atom. The van der Waals surface area contributed by atoms with E-state index >= 15 is 0 Å². The second-order valence-electron chi connectivity index (χ2n) is 4.05. The number of aromatic nitrogens is 1. The van der Waals surface area contributed by atoms with Gasteiger partial charge in [-0.05, 0) is 25.1 Å². The minimum atomic E-state index is -3.97. The summed E-state index contributed by atoms with van der Waals surface area (Å²) in [6.07, 6.45) is 2.90. The molecule has 106 valence electrons. The van der Waals surface area contributed by atoms with Gasteiger partial charge in [-0.2, -0.15) is 13.7 Å². The second kappa shape index (κ2) is 6.15. The summed E-state index contributed by atoms with van der Waals surface area (Å²) in [5.41, 5.74) is 1.01. The standard InChI is InChI=1S/C14H11N3O3S/c1-11(14-10-16-8-7-12(14)9-15)17-20-21(18,19)13-5-3-2-4-6-13/h2-8,10H,1H3. The molecule has 0 N–H and O–H groups in total. The monoisotopic (exact) mass is 301 g/mol. The molecule has 1 heterocycles. The summed E-state index contributed by atoms with van der Waals surface area (Å²) < 4.78 is 28.5. The van der Waals surface area contributed by atoms with Crippen molar-refractivity contribution in [1.29, 1.82) is 5.26 Å². The molecule has 7 heteroatoms. The molecule has 0 atom stereocenters. The molecule has 0 aliphatic carbocycles. The van der Waals surface area contributed by atoms with Crippen molar-refractivity contribution in [1.82, 2.24) is 4.98 Å². The smallest absolute Gasteiger partial charge is 0.265 e. The van der Waals surface area contributed by atoms with E-state index in [1.54, 1.807) is 25.1 Å². The summed E-state index contributed by atoms with van der Waals surface area (Å²) in [4.78, 5) is 3.89. The molecule has 6 nitrogen and oxygen atoms in total. The maximum Gasteiger partial charge on any atom is 0.358 e. The average molecular weight is 301 g/mol. The van der Waals surface area contributed by atoms with Gasteiger partial charge >= 0.3 is 10.1 Å². The highest BCUT2D eigenvalue weighted by Crippen LogP contribution is 2.13. The van der Waals surface area contributed by atoms with Crippen LogP contribution in [-0.4, -0.2) is 19.1 Å². The number of benzene rings is 1. The Kier molecular flexibility index (Phi) is 4.30. The van der Waals surface area contributed by atoms with Gasteiger partial charge in [-0.15, -0.1) is 0 Å². The Hall–Kier alpha value is -2.72. The molecule has 0 aliphatic rings.